The third kappa shape index (κ3) is 1.94. The standard InChI is InChI=1S/C24H37NO7/c1-5-25-10-21(11-30-2)7-6-15(26)23-13-8-12-14(31-3)9-22(28,16(13)17(12)27)24(29,20(23)25)19(32-4)18(21)23/h12-16,18-20,26,28-29H,5-11H2,1-4H3/t12-,13-,14?,15?,16-,18-,19?,20+,21+,22-,23+,24+/m1/s1. The van der Waals surface area contributed by atoms with Crippen LogP contribution in [0.25, 0.3) is 0 Å². The second kappa shape index (κ2) is 6.53. The fourth-order valence-corrected chi connectivity index (χ4v) is 10.4. The first-order chi connectivity index (χ1) is 15.2. The molecule has 1 heterocycles. The van der Waals surface area contributed by atoms with Crippen molar-refractivity contribution in [1.29, 1.82) is 0 Å². The number of aliphatic hydroxyl groups is 3. The summed E-state index contributed by atoms with van der Waals surface area (Å²) in [4.78, 5) is 15.9. The first-order valence-electron chi connectivity index (χ1n) is 12.2. The van der Waals surface area contributed by atoms with Gasteiger partial charge >= 0.3 is 0 Å². The fraction of sp³-hybridized carbons (Fsp3) is 0.958. The monoisotopic (exact) mass is 451 g/mol. The summed E-state index contributed by atoms with van der Waals surface area (Å²) in [6, 6.07) is -0.483. The van der Waals surface area contributed by atoms with E-state index in [-0.39, 0.29) is 35.4 Å². The number of methoxy groups -OCH3 is 3. The van der Waals surface area contributed by atoms with Crippen LogP contribution in [0, 0.1) is 34.5 Å². The molecular weight excluding hydrogens is 414 g/mol. The summed E-state index contributed by atoms with van der Waals surface area (Å²) < 4.78 is 17.6. The summed E-state index contributed by atoms with van der Waals surface area (Å²) >= 11 is 0. The summed E-state index contributed by atoms with van der Waals surface area (Å²) in [5, 5.41) is 37.0. The maximum absolute atomic E-state index is 13.7. The van der Waals surface area contributed by atoms with Crippen molar-refractivity contribution < 1.29 is 34.3 Å². The highest BCUT2D eigenvalue weighted by Gasteiger charge is 2.91. The molecule has 7 bridgehead atoms. The van der Waals surface area contributed by atoms with E-state index in [1.165, 1.54) is 0 Å². The molecule has 6 rings (SSSR count). The van der Waals surface area contributed by atoms with Gasteiger partial charge in [-0.15, -0.1) is 0 Å². The molecule has 1 saturated heterocycles. The number of aliphatic hydroxyl groups excluding tert-OH is 1. The van der Waals surface area contributed by atoms with Gasteiger partial charge in [-0.3, -0.25) is 9.69 Å². The molecule has 6 fully saturated rings. The van der Waals surface area contributed by atoms with E-state index in [0.29, 0.717) is 26.0 Å². The molecule has 0 aromatic rings. The number of carbonyl (C=O) groups is 1. The maximum atomic E-state index is 13.7. The minimum Gasteiger partial charge on any atom is -0.392 e. The van der Waals surface area contributed by atoms with Crippen molar-refractivity contribution in [3.8, 4) is 0 Å². The van der Waals surface area contributed by atoms with E-state index in [1.54, 1.807) is 21.3 Å². The third-order valence-electron chi connectivity index (χ3n) is 11.0. The normalized spacial score (nSPS) is 60.2. The summed E-state index contributed by atoms with van der Waals surface area (Å²) in [7, 11) is 4.87. The molecular formula is C24H37NO7. The Labute approximate surface area is 189 Å². The van der Waals surface area contributed by atoms with Crippen LogP contribution in [0.1, 0.15) is 32.6 Å². The van der Waals surface area contributed by atoms with Gasteiger partial charge in [0.1, 0.15) is 17.0 Å². The lowest BCUT2D eigenvalue weighted by Crippen LogP contribution is -2.81. The predicted molar refractivity (Wildman–Crippen MR) is 113 cm³/mol. The Morgan fingerprint density at radius 3 is 2.56 bits per heavy atom. The van der Waals surface area contributed by atoms with Crippen LogP contribution in [-0.2, 0) is 19.0 Å². The molecule has 6 aliphatic rings. The van der Waals surface area contributed by atoms with Crippen LogP contribution in [0.3, 0.4) is 0 Å². The number of hydrogen-bond donors (Lipinski definition) is 3. The molecule has 3 unspecified atom stereocenters. The Balaban J connectivity index is 1.68. The molecule has 0 aromatic carbocycles. The van der Waals surface area contributed by atoms with Crippen LogP contribution in [0.4, 0.5) is 0 Å². The van der Waals surface area contributed by atoms with Gasteiger partial charge in [-0.1, -0.05) is 6.92 Å². The minimum atomic E-state index is -1.69. The molecule has 12 atom stereocenters. The average molecular weight is 452 g/mol. The van der Waals surface area contributed by atoms with Crippen LogP contribution in [0.5, 0.6) is 0 Å². The molecule has 0 radical (unpaired) electrons. The third-order valence-corrected chi connectivity index (χ3v) is 11.0. The van der Waals surface area contributed by atoms with Gasteiger partial charge in [0, 0.05) is 57.0 Å². The van der Waals surface area contributed by atoms with Crippen molar-refractivity contribution in [2.75, 3.05) is 41.0 Å². The van der Waals surface area contributed by atoms with E-state index in [1.807, 2.05) is 0 Å². The van der Waals surface area contributed by atoms with E-state index < -0.39 is 46.9 Å². The molecule has 8 nitrogen and oxygen atoms in total. The van der Waals surface area contributed by atoms with Crippen molar-refractivity contribution >= 4 is 5.78 Å². The number of carbonyl (C=O) groups excluding carboxylic acids is 1. The van der Waals surface area contributed by atoms with E-state index in [2.05, 4.69) is 11.8 Å². The quantitative estimate of drug-likeness (QED) is 0.529. The number of rotatable bonds is 5. The van der Waals surface area contributed by atoms with Crippen molar-refractivity contribution in [3.63, 3.8) is 0 Å². The number of likely N-dealkylation sites (N-methyl/N-ethyl adjacent to an activating group) is 1. The van der Waals surface area contributed by atoms with E-state index in [9.17, 15) is 20.1 Å². The van der Waals surface area contributed by atoms with Crippen LogP contribution in [-0.4, -0.2) is 103 Å². The predicted octanol–water partition coefficient (Wildman–Crippen LogP) is -0.175. The van der Waals surface area contributed by atoms with Gasteiger partial charge in [-0.25, -0.2) is 0 Å². The highest BCUT2D eigenvalue weighted by atomic mass is 16.5. The van der Waals surface area contributed by atoms with E-state index in [4.69, 9.17) is 14.2 Å². The zero-order chi connectivity index (χ0) is 22.8. The molecule has 32 heavy (non-hydrogen) atoms. The molecule has 1 aliphatic heterocycles. The van der Waals surface area contributed by atoms with Crippen LogP contribution >= 0.6 is 0 Å². The minimum absolute atomic E-state index is 0.0129. The van der Waals surface area contributed by atoms with Crippen LogP contribution in [0.15, 0.2) is 0 Å². The Morgan fingerprint density at radius 2 is 1.94 bits per heavy atom. The lowest BCUT2D eigenvalue weighted by atomic mass is 9.43. The van der Waals surface area contributed by atoms with E-state index in [0.717, 1.165) is 13.0 Å². The first kappa shape index (κ1) is 21.9. The Kier molecular flexibility index (Phi) is 4.47. The molecule has 8 heteroatoms. The molecule has 5 aliphatic carbocycles. The Morgan fingerprint density at radius 1 is 1.19 bits per heavy atom. The number of Topliss-reactive ketones (excluding diaryl/α,β-unsaturated/α-hetero) is 1. The zero-order valence-electron chi connectivity index (χ0n) is 19.5. The maximum Gasteiger partial charge on any atom is 0.144 e. The van der Waals surface area contributed by atoms with Gasteiger partial charge < -0.3 is 29.5 Å². The molecule has 0 amide bonds. The Hall–Kier alpha value is -0.610. The number of likely N-dealkylation sites (tertiary alicyclic amines) is 1. The summed E-state index contributed by atoms with van der Waals surface area (Å²) in [5.74, 6) is -1.43. The van der Waals surface area contributed by atoms with Crippen LogP contribution in [0.2, 0.25) is 0 Å². The van der Waals surface area contributed by atoms with Gasteiger partial charge in [0.05, 0.1) is 36.9 Å². The highest BCUT2D eigenvalue weighted by molar-refractivity contribution is 5.90. The summed E-state index contributed by atoms with van der Waals surface area (Å²) in [6.07, 6.45) is 0.350. The van der Waals surface area contributed by atoms with Gasteiger partial charge in [0.25, 0.3) is 0 Å². The number of ether oxygens (including phenoxy) is 3. The second-order valence-corrected chi connectivity index (χ2v) is 11.5. The van der Waals surface area contributed by atoms with E-state index >= 15 is 0 Å². The van der Waals surface area contributed by atoms with Gasteiger partial charge in [0.15, 0.2) is 0 Å². The lowest BCUT2D eigenvalue weighted by molar-refractivity contribution is -0.299. The second-order valence-electron chi connectivity index (χ2n) is 11.5. The van der Waals surface area contributed by atoms with Crippen LogP contribution < -0.4 is 0 Å². The number of fused-ring (bicyclic) bond motifs is 2. The first-order valence-corrected chi connectivity index (χ1v) is 12.2. The number of nitrogens with zero attached hydrogens (tertiary/aromatic N) is 1. The molecule has 5 saturated carbocycles. The Bertz CT molecular complexity index is 839. The zero-order valence-corrected chi connectivity index (χ0v) is 19.5. The smallest absolute Gasteiger partial charge is 0.144 e. The number of piperidine rings is 1. The SMILES string of the molecule is CCN1C[C@]2(COC)CCC(O)[C@@]34[C@@H]5C[C@H]6C(=O)[C@@H]5[C@](O)(CC6OC)[C@](O)(C(OC)[C@H]23)[C@@H]14. The molecule has 0 aromatic heterocycles. The summed E-state index contributed by atoms with van der Waals surface area (Å²) in [5.41, 5.74) is -4.40. The molecule has 3 N–H and O–H groups in total. The van der Waals surface area contributed by atoms with Crippen molar-refractivity contribution in [2.45, 2.75) is 68.2 Å². The number of ketones is 1. The highest BCUT2D eigenvalue weighted by Crippen LogP contribution is 2.79. The van der Waals surface area contributed by atoms with Crippen molar-refractivity contribution in [2.24, 2.45) is 34.5 Å². The average Bonchev–Trinajstić information content (AvgIpc) is 3.14. The topological polar surface area (TPSA) is 109 Å². The fourth-order valence-electron chi connectivity index (χ4n) is 10.4. The van der Waals surface area contributed by atoms with Gasteiger partial charge in [0.2, 0.25) is 0 Å². The van der Waals surface area contributed by atoms with Crippen molar-refractivity contribution in [3.05, 3.63) is 0 Å². The molecule has 180 valence electrons. The molecule has 1 spiro atoms. The lowest BCUT2D eigenvalue weighted by Gasteiger charge is -2.69. The summed E-state index contributed by atoms with van der Waals surface area (Å²) in [6.45, 7) is 3.96. The van der Waals surface area contributed by atoms with Crippen molar-refractivity contribution in [1.82, 2.24) is 4.90 Å². The number of hydrogen-bond acceptors (Lipinski definition) is 8. The van der Waals surface area contributed by atoms with Gasteiger partial charge in [-0.05, 0) is 31.7 Å². The largest absolute Gasteiger partial charge is 0.392 e. The van der Waals surface area contributed by atoms with Gasteiger partial charge in [-0.2, -0.15) is 0 Å².